The fraction of sp³-hybridized carbons (Fsp3) is 0.800. The average Bonchev–Trinajstić information content (AvgIpc) is 2.03. The quantitative estimate of drug-likeness (QED) is 0.311. The van der Waals surface area contributed by atoms with Crippen molar-refractivity contribution >= 4 is 16.3 Å². The molecule has 0 amide bonds. The lowest BCUT2D eigenvalue weighted by Gasteiger charge is -1.96. The van der Waals surface area contributed by atoms with Crippen LogP contribution in [-0.4, -0.2) is 16.3 Å². The third-order valence-corrected chi connectivity index (χ3v) is 2.67. The first kappa shape index (κ1) is 11.3. The molecule has 0 heterocycles. The first-order chi connectivity index (χ1) is 5.41. The summed E-state index contributed by atoms with van der Waals surface area (Å²) in [6.07, 6.45) is 13.0. The van der Waals surface area contributed by atoms with E-state index in [1.54, 1.807) is 0 Å². The summed E-state index contributed by atoms with van der Waals surface area (Å²) in [5.41, 5.74) is 0. The summed E-state index contributed by atoms with van der Waals surface area (Å²) >= 11 is 1.40. The molecule has 0 N–H and O–H groups in total. The van der Waals surface area contributed by atoms with E-state index in [-0.39, 0.29) is 0 Å². The van der Waals surface area contributed by atoms with Crippen molar-refractivity contribution in [3.05, 3.63) is 12.2 Å². The van der Waals surface area contributed by atoms with Crippen molar-refractivity contribution in [3.8, 4) is 0 Å². The minimum Gasteiger partial charge on any atom is -0.101 e. The van der Waals surface area contributed by atoms with Gasteiger partial charge < -0.3 is 0 Å². The Morgan fingerprint density at radius 3 is 2.27 bits per heavy atom. The zero-order valence-electron chi connectivity index (χ0n) is 8.10. The molecule has 0 bridgehead atoms. The number of unbranched alkanes of at least 4 members (excludes halogenated alkanes) is 5. The molecule has 0 unspecified atom stereocenters. The Morgan fingerprint density at radius 2 is 1.64 bits per heavy atom. The van der Waals surface area contributed by atoms with Gasteiger partial charge >= 0.3 is 0 Å². The van der Waals surface area contributed by atoms with Gasteiger partial charge in [0.15, 0.2) is 0 Å². The van der Waals surface area contributed by atoms with E-state index < -0.39 is 0 Å². The molecule has 11 heavy (non-hydrogen) atoms. The van der Waals surface area contributed by atoms with Gasteiger partial charge in [0.1, 0.15) is 0 Å². The highest BCUT2D eigenvalue weighted by Crippen LogP contribution is 2.06. The molecule has 0 spiro atoms. The van der Waals surface area contributed by atoms with Crippen molar-refractivity contribution in [2.75, 3.05) is 0 Å². The van der Waals surface area contributed by atoms with Crippen molar-refractivity contribution in [1.29, 1.82) is 0 Å². The normalized spacial score (nSPS) is 11.0. The van der Waals surface area contributed by atoms with E-state index in [9.17, 15) is 0 Å². The van der Waals surface area contributed by atoms with E-state index in [0.717, 1.165) is 0 Å². The zero-order chi connectivity index (χ0) is 8.36. The maximum absolute atomic E-state index is 2.27. The van der Waals surface area contributed by atoms with E-state index in [4.69, 9.17) is 0 Å². The molecular weight excluding hydrogens is 147 g/mol. The minimum absolute atomic E-state index is 1.29. The molecule has 0 aliphatic carbocycles. The molecule has 0 rings (SSSR count). The predicted octanol–water partition coefficient (Wildman–Crippen LogP) is 2.95. The number of hydrogen-bond acceptors (Lipinski definition) is 0. The van der Waals surface area contributed by atoms with Crippen molar-refractivity contribution < 1.29 is 0 Å². The van der Waals surface area contributed by atoms with Crippen molar-refractivity contribution in [1.82, 2.24) is 0 Å². The van der Waals surface area contributed by atoms with E-state index >= 15 is 0 Å². The summed E-state index contributed by atoms with van der Waals surface area (Å²) in [6.45, 7) is 2.10. The number of rotatable bonds is 7. The molecule has 1 heteroatoms. The highest BCUT2D eigenvalue weighted by Gasteiger charge is 1.87. The third kappa shape index (κ3) is 10.3. The van der Waals surface area contributed by atoms with Gasteiger partial charge in [-0.15, -0.1) is 5.28 Å². The first-order valence-electron chi connectivity index (χ1n) is 5.03. The SMILES string of the molecule is CC=CCCCCCC[CH2][AlH2]. The highest BCUT2D eigenvalue weighted by atomic mass is 27.0. The van der Waals surface area contributed by atoms with Crippen molar-refractivity contribution in [2.24, 2.45) is 0 Å². The van der Waals surface area contributed by atoms with Gasteiger partial charge in [-0.05, 0) is 19.8 Å². The Bertz CT molecular complexity index is 86.9. The van der Waals surface area contributed by atoms with Crippen LogP contribution in [0.1, 0.15) is 45.4 Å². The van der Waals surface area contributed by atoms with Crippen LogP contribution in [0.2, 0.25) is 5.28 Å². The number of hydrogen-bond donors (Lipinski definition) is 0. The van der Waals surface area contributed by atoms with Gasteiger partial charge in [0.05, 0.1) is 0 Å². The Hall–Kier alpha value is 0.272. The molecule has 0 radical (unpaired) electrons. The van der Waals surface area contributed by atoms with Gasteiger partial charge in [-0.25, -0.2) is 0 Å². The van der Waals surface area contributed by atoms with E-state index in [1.807, 2.05) is 0 Å². The fourth-order valence-electron chi connectivity index (χ4n) is 1.21. The van der Waals surface area contributed by atoms with Crippen molar-refractivity contribution in [2.45, 2.75) is 50.7 Å². The van der Waals surface area contributed by atoms with Crippen LogP contribution in [0.15, 0.2) is 12.2 Å². The standard InChI is InChI=1S/C10H19.Al.2H/c1-3-5-7-9-10-8-6-4-2;;;/h4,6H,1,3,5,7-10H2,2H3;;;. The van der Waals surface area contributed by atoms with Crippen LogP contribution in [0.4, 0.5) is 0 Å². The lowest BCUT2D eigenvalue weighted by Crippen LogP contribution is -1.77. The van der Waals surface area contributed by atoms with Crippen molar-refractivity contribution in [3.63, 3.8) is 0 Å². The predicted molar refractivity (Wildman–Crippen MR) is 55.9 cm³/mol. The lowest BCUT2D eigenvalue weighted by molar-refractivity contribution is 0.637. The smallest absolute Gasteiger partial charge is 0.101 e. The third-order valence-electron chi connectivity index (χ3n) is 1.96. The summed E-state index contributed by atoms with van der Waals surface area (Å²) in [5, 5.41) is 1.49. The number of allylic oxidation sites excluding steroid dienone is 2. The van der Waals surface area contributed by atoms with E-state index in [1.165, 1.54) is 60.1 Å². The molecule has 64 valence electrons. The molecule has 0 aromatic rings. The van der Waals surface area contributed by atoms with Crippen LogP contribution in [0, 0.1) is 0 Å². The van der Waals surface area contributed by atoms with Crippen LogP contribution >= 0.6 is 0 Å². The maximum atomic E-state index is 2.27. The lowest BCUT2D eigenvalue weighted by atomic mass is 10.1. The summed E-state index contributed by atoms with van der Waals surface area (Å²) in [6, 6.07) is 0. The summed E-state index contributed by atoms with van der Waals surface area (Å²) < 4.78 is 0. The Balaban J connectivity index is 2.79. The van der Waals surface area contributed by atoms with Gasteiger partial charge in [0.25, 0.3) is 0 Å². The molecule has 0 nitrogen and oxygen atoms in total. The minimum atomic E-state index is 1.29. The average molecular weight is 168 g/mol. The Morgan fingerprint density at radius 1 is 1.00 bits per heavy atom. The molecule has 0 saturated heterocycles. The molecule has 0 saturated carbocycles. The molecule has 0 aliphatic heterocycles. The summed E-state index contributed by atoms with van der Waals surface area (Å²) in [7, 11) is 0. The zero-order valence-corrected chi connectivity index (χ0v) is 10.1. The Labute approximate surface area is 79.5 Å². The van der Waals surface area contributed by atoms with Crippen LogP contribution < -0.4 is 0 Å². The second-order valence-electron chi connectivity index (χ2n) is 3.13. The van der Waals surface area contributed by atoms with Crippen LogP contribution in [0.25, 0.3) is 0 Å². The van der Waals surface area contributed by atoms with E-state index in [2.05, 4.69) is 19.1 Å². The fourth-order valence-corrected chi connectivity index (χ4v) is 1.71. The summed E-state index contributed by atoms with van der Waals surface area (Å²) in [5.74, 6) is 0. The van der Waals surface area contributed by atoms with Gasteiger partial charge in [-0.2, -0.15) is 0 Å². The first-order valence-corrected chi connectivity index (χ1v) is 6.44. The maximum Gasteiger partial charge on any atom is 0.211 e. The largest absolute Gasteiger partial charge is 0.211 e. The molecule has 0 atom stereocenters. The molecule has 0 aromatic carbocycles. The summed E-state index contributed by atoms with van der Waals surface area (Å²) in [4.78, 5) is 0. The van der Waals surface area contributed by atoms with Gasteiger partial charge in [0, 0.05) is 0 Å². The van der Waals surface area contributed by atoms with Gasteiger partial charge in [-0.1, -0.05) is 37.8 Å². The molecule has 0 aliphatic rings. The molecule has 0 aromatic heterocycles. The van der Waals surface area contributed by atoms with Gasteiger partial charge in [-0.3, -0.25) is 0 Å². The van der Waals surface area contributed by atoms with Crippen LogP contribution in [0.3, 0.4) is 0 Å². The second kappa shape index (κ2) is 10.3. The molecular formula is C10H21Al. The van der Waals surface area contributed by atoms with Crippen LogP contribution in [-0.2, 0) is 0 Å². The van der Waals surface area contributed by atoms with E-state index in [0.29, 0.717) is 0 Å². The molecule has 0 fully saturated rings. The second-order valence-corrected chi connectivity index (χ2v) is 4.13. The highest BCUT2D eigenvalue weighted by molar-refractivity contribution is 6.08. The van der Waals surface area contributed by atoms with Gasteiger partial charge in [0.2, 0.25) is 16.3 Å². The Kier molecular flexibility index (Phi) is 10.5. The topological polar surface area (TPSA) is 0 Å². The monoisotopic (exact) mass is 168 g/mol. The van der Waals surface area contributed by atoms with Crippen LogP contribution in [0.5, 0.6) is 0 Å².